The Morgan fingerprint density at radius 1 is 1.69 bits per heavy atom. The second kappa shape index (κ2) is 3.99. The molecule has 0 aliphatic heterocycles. The molecule has 6 heteroatoms. The zero-order chi connectivity index (χ0) is 9.84. The lowest BCUT2D eigenvalue weighted by Crippen LogP contribution is -2.32. The summed E-state index contributed by atoms with van der Waals surface area (Å²) < 4.78 is 0. The number of carbonyl (C=O) groups is 2. The fourth-order valence-electron chi connectivity index (χ4n) is 0.768. The Bertz CT molecular complexity index is 310. The number of rotatable bonds is 2. The molecular weight excluding hydrogens is 192 g/mol. The van der Waals surface area contributed by atoms with Crippen LogP contribution in [0.5, 0.6) is 0 Å². The molecule has 1 amide bonds. The second-order valence-corrected chi connectivity index (χ2v) is 3.13. The minimum atomic E-state index is -1.48. The van der Waals surface area contributed by atoms with Gasteiger partial charge in [0.15, 0.2) is 0 Å². The van der Waals surface area contributed by atoms with Crippen LogP contribution in [-0.2, 0) is 9.59 Å². The predicted molar refractivity (Wildman–Crippen MR) is 46.3 cm³/mol. The van der Waals surface area contributed by atoms with Crippen molar-refractivity contribution in [1.29, 1.82) is 0 Å². The van der Waals surface area contributed by atoms with Gasteiger partial charge < -0.3 is 10.4 Å². The molecule has 0 radical (unpaired) electrons. The number of hydrogen-bond acceptors (Lipinski definition) is 4. The number of nitrogens with one attached hydrogen (secondary N) is 1. The second-order valence-electron chi connectivity index (χ2n) is 2.41. The summed E-state index contributed by atoms with van der Waals surface area (Å²) in [5, 5.41) is 12.3. The van der Waals surface area contributed by atoms with Gasteiger partial charge in [-0.3, -0.25) is 4.79 Å². The first-order valence-electron chi connectivity index (χ1n) is 3.53. The Morgan fingerprint density at radius 2 is 2.38 bits per heavy atom. The van der Waals surface area contributed by atoms with Gasteiger partial charge in [-0.25, -0.2) is 9.78 Å². The molecule has 0 fully saturated rings. The lowest BCUT2D eigenvalue weighted by Gasteiger charge is -2.08. The summed E-state index contributed by atoms with van der Waals surface area (Å²) in [7, 11) is 0. The van der Waals surface area contributed by atoms with Gasteiger partial charge in [-0.2, -0.15) is 0 Å². The highest BCUT2D eigenvalue weighted by Crippen LogP contribution is 2.11. The van der Waals surface area contributed by atoms with E-state index >= 15 is 0 Å². The van der Waals surface area contributed by atoms with Crippen molar-refractivity contribution in [2.45, 2.75) is 13.0 Å². The summed E-state index contributed by atoms with van der Waals surface area (Å²) >= 11 is 1.39. The molecule has 0 saturated heterocycles. The van der Waals surface area contributed by atoms with E-state index in [0.29, 0.717) is 5.69 Å². The van der Waals surface area contributed by atoms with Gasteiger partial charge in [0.05, 0.1) is 17.2 Å². The smallest absolute Gasteiger partial charge is 0.394 e. The molecule has 5 nitrogen and oxygen atoms in total. The summed E-state index contributed by atoms with van der Waals surface area (Å²) in [6.45, 7) is 1.68. The molecule has 1 unspecified atom stereocenters. The van der Waals surface area contributed by atoms with Crippen molar-refractivity contribution in [3.63, 3.8) is 0 Å². The van der Waals surface area contributed by atoms with Crippen LogP contribution in [0.3, 0.4) is 0 Å². The molecule has 1 atom stereocenters. The Kier molecular flexibility index (Phi) is 2.97. The van der Waals surface area contributed by atoms with Crippen molar-refractivity contribution in [2.24, 2.45) is 0 Å². The number of aromatic nitrogens is 1. The first kappa shape index (κ1) is 9.66. The van der Waals surface area contributed by atoms with Crippen LogP contribution >= 0.6 is 11.3 Å². The Morgan fingerprint density at radius 3 is 2.85 bits per heavy atom. The third-order valence-corrected chi connectivity index (χ3v) is 2.04. The highest BCUT2D eigenvalue weighted by molar-refractivity contribution is 7.07. The van der Waals surface area contributed by atoms with Crippen LogP contribution < -0.4 is 5.32 Å². The minimum absolute atomic E-state index is 0.366. The SMILES string of the molecule is CC(NC(=O)C(=O)O)c1cscn1. The molecule has 0 aliphatic carbocycles. The van der Waals surface area contributed by atoms with Crippen molar-refractivity contribution < 1.29 is 14.7 Å². The van der Waals surface area contributed by atoms with E-state index in [0.717, 1.165) is 0 Å². The summed E-state index contributed by atoms with van der Waals surface area (Å²) in [6, 6.07) is -0.366. The fraction of sp³-hybridized carbons (Fsp3) is 0.286. The maximum atomic E-state index is 10.7. The zero-order valence-electron chi connectivity index (χ0n) is 6.85. The number of aliphatic carboxylic acids is 1. The van der Waals surface area contributed by atoms with Crippen LogP contribution in [0.15, 0.2) is 10.9 Å². The molecule has 70 valence electrons. The first-order valence-corrected chi connectivity index (χ1v) is 4.47. The number of amides is 1. The Labute approximate surface area is 78.4 Å². The van der Waals surface area contributed by atoms with Gasteiger partial charge in [-0.1, -0.05) is 0 Å². The molecule has 0 saturated carbocycles. The van der Waals surface area contributed by atoms with E-state index < -0.39 is 11.9 Å². The molecule has 1 heterocycles. The molecular formula is C7H8N2O3S. The van der Waals surface area contributed by atoms with Crippen LogP contribution in [0.4, 0.5) is 0 Å². The van der Waals surface area contributed by atoms with Crippen molar-refractivity contribution in [3.8, 4) is 0 Å². The summed E-state index contributed by atoms with van der Waals surface area (Å²) in [5.74, 6) is -2.50. The quantitative estimate of drug-likeness (QED) is 0.677. The van der Waals surface area contributed by atoms with Crippen LogP contribution in [0.1, 0.15) is 18.7 Å². The highest BCUT2D eigenvalue weighted by Gasteiger charge is 2.16. The Hall–Kier alpha value is -1.43. The van der Waals surface area contributed by atoms with E-state index in [4.69, 9.17) is 5.11 Å². The van der Waals surface area contributed by atoms with E-state index in [1.807, 2.05) is 0 Å². The number of carboxylic acids is 1. The van der Waals surface area contributed by atoms with E-state index in [-0.39, 0.29) is 6.04 Å². The molecule has 13 heavy (non-hydrogen) atoms. The summed E-state index contributed by atoms with van der Waals surface area (Å²) in [5.41, 5.74) is 2.29. The average Bonchev–Trinajstić information content (AvgIpc) is 2.55. The van der Waals surface area contributed by atoms with Gasteiger partial charge in [0.1, 0.15) is 0 Å². The van der Waals surface area contributed by atoms with E-state index in [9.17, 15) is 9.59 Å². The van der Waals surface area contributed by atoms with Gasteiger partial charge in [0, 0.05) is 5.38 Å². The minimum Gasteiger partial charge on any atom is -0.474 e. The van der Waals surface area contributed by atoms with Crippen molar-refractivity contribution in [3.05, 3.63) is 16.6 Å². The average molecular weight is 200 g/mol. The Balaban J connectivity index is 2.56. The lowest BCUT2D eigenvalue weighted by atomic mass is 10.2. The van der Waals surface area contributed by atoms with Crippen LogP contribution in [0.2, 0.25) is 0 Å². The number of thiazole rings is 1. The predicted octanol–water partition coefficient (Wildman–Crippen LogP) is 0.405. The highest BCUT2D eigenvalue weighted by atomic mass is 32.1. The number of carboxylic acid groups (broad SMARTS) is 1. The summed E-state index contributed by atoms with van der Waals surface area (Å²) in [4.78, 5) is 24.8. The third kappa shape index (κ3) is 2.51. The van der Waals surface area contributed by atoms with E-state index in [1.54, 1.807) is 17.8 Å². The van der Waals surface area contributed by atoms with E-state index in [1.165, 1.54) is 11.3 Å². The normalized spacial score (nSPS) is 12.1. The van der Waals surface area contributed by atoms with Crippen LogP contribution in [0.25, 0.3) is 0 Å². The number of hydrogen-bond donors (Lipinski definition) is 2. The van der Waals surface area contributed by atoms with Crippen LogP contribution in [-0.4, -0.2) is 22.0 Å². The third-order valence-electron chi connectivity index (χ3n) is 1.44. The maximum absolute atomic E-state index is 10.7. The van der Waals surface area contributed by atoms with Gasteiger partial charge in [0.25, 0.3) is 0 Å². The fourth-order valence-corrected chi connectivity index (χ4v) is 1.42. The molecule has 1 aromatic heterocycles. The monoisotopic (exact) mass is 200 g/mol. The van der Waals surface area contributed by atoms with Crippen LogP contribution in [0, 0.1) is 0 Å². The van der Waals surface area contributed by atoms with Gasteiger partial charge in [-0.15, -0.1) is 11.3 Å². The molecule has 1 rings (SSSR count). The number of nitrogens with zero attached hydrogens (tertiary/aromatic N) is 1. The molecule has 1 aromatic rings. The molecule has 0 spiro atoms. The maximum Gasteiger partial charge on any atom is 0.394 e. The zero-order valence-corrected chi connectivity index (χ0v) is 7.67. The van der Waals surface area contributed by atoms with Crippen molar-refractivity contribution >= 4 is 23.2 Å². The lowest BCUT2D eigenvalue weighted by molar-refractivity contribution is -0.150. The molecule has 0 aliphatic rings. The van der Waals surface area contributed by atoms with Gasteiger partial charge >= 0.3 is 11.9 Å². The molecule has 0 aromatic carbocycles. The summed E-state index contributed by atoms with van der Waals surface area (Å²) in [6.07, 6.45) is 0. The molecule has 2 N–H and O–H groups in total. The first-order chi connectivity index (χ1) is 6.11. The van der Waals surface area contributed by atoms with Gasteiger partial charge in [-0.05, 0) is 6.92 Å². The standard InChI is InChI=1S/C7H8N2O3S/c1-4(5-2-13-3-8-5)9-6(10)7(11)12/h2-4H,1H3,(H,9,10)(H,11,12). The molecule has 0 bridgehead atoms. The van der Waals surface area contributed by atoms with Crippen molar-refractivity contribution in [2.75, 3.05) is 0 Å². The largest absolute Gasteiger partial charge is 0.474 e. The number of carbonyl (C=O) groups excluding carboxylic acids is 1. The van der Waals surface area contributed by atoms with Gasteiger partial charge in [0.2, 0.25) is 0 Å². The van der Waals surface area contributed by atoms with E-state index in [2.05, 4.69) is 10.3 Å². The van der Waals surface area contributed by atoms with Crippen molar-refractivity contribution in [1.82, 2.24) is 10.3 Å². The topological polar surface area (TPSA) is 79.3 Å².